The lowest BCUT2D eigenvalue weighted by atomic mass is 10.0. The Morgan fingerprint density at radius 3 is 2.56 bits per heavy atom. The SMILES string of the molecule is CC1CCCN(S(=O)(=O)NC(C(=O)O)C(C)O)C1. The Balaban J connectivity index is 2.77. The fourth-order valence-corrected chi connectivity index (χ4v) is 3.54. The molecule has 0 radical (unpaired) electrons. The third-order valence-electron chi connectivity index (χ3n) is 2.98. The average molecular weight is 280 g/mol. The van der Waals surface area contributed by atoms with Gasteiger partial charge in [0.05, 0.1) is 6.10 Å². The summed E-state index contributed by atoms with van der Waals surface area (Å²) in [6.07, 6.45) is 0.429. The number of rotatable bonds is 5. The summed E-state index contributed by atoms with van der Waals surface area (Å²) in [5, 5.41) is 18.1. The maximum Gasteiger partial charge on any atom is 0.324 e. The maximum absolute atomic E-state index is 12.0. The van der Waals surface area contributed by atoms with Crippen LogP contribution in [0, 0.1) is 5.92 Å². The molecule has 0 aromatic heterocycles. The Hall–Kier alpha value is -0.700. The molecule has 106 valence electrons. The van der Waals surface area contributed by atoms with Gasteiger partial charge in [0, 0.05) is 13.1 Å². The number of aliphatic hydroxyl groups is 1. The summed E-state index contributed by atoms with van der Waals surface area (Å²) in [4.78, 5) is 10.9. The van der Waals surface area contributed by atoms with Crippen molar-refractivity contribution in [3.05, 3.63) is 0 Å². The van der Waals surface area contributed by atoms with E-state index >= 15 is 0 Å². The van der Waals surface area contributed by atoms with E-state index in [4.69, 9.17) is 5.11 Å². The normalized spacial score (nSPS) is 25.6. The van der Waals surface area contributed by atoms with Gasteiger partial charge in [0.1, 0.15) is 6.04 Å². The first-order valence-electron chi connectivity index (χ1n) is 5.92. The number of hydrogen-bond donors (Lipinski definition) is 3. The molecule has 3 atom stereocenters. The smallest absolute Gasteiger partial charge is 0.324 e. The van der Waals surface area contributed by atoms with Crippen LogP contribution >= 0.6 is 0 Å². The highest BCUT2D eigenvalue weighted by Gasteiger charge is 2.33. The number of carbonyl (C=O) groups is 1. The van der Waals surface area contributed by atoms with Crippen molar-refractivity contribution in [2.24, 2.45) is 5.92 Å². The number of piperidine rings is 1. The van der Waals surface area contributed by atoms with Crippen LogP contribution in [-0.2, 0) is 15.0 Å². The van der Waals surface area contributed by atoms with Crippen molar-refractivity contribution in [3.8, 4) is 0 Å². The first kappa shape index (κ1) is 15.4. The average Bonchev–Trinajstić information content (AvgIpc) is 2.25. The van der Waals surface area contributed by atoms with Gasteiger partial charge in [0.2, 0.25) is 0 Å². The summed E-state index contributed by atoms with van der Waals surface area (Å²) in [7, 11) is -3.86. The van der Waals surface area contributed by atoms with Crippen molar-refractivity contribution in [1.29, 1.82) is 0 Å². The summed E-state index contributed by atoms with van der Waals surface area (Å²) in [5.74, 6) is -1.14. The third kappa shape index (κ3) is 3.91. The molecule has 0 aliphatic carbocycles. The lowest BCUT2D eigenvalue weighted by Crippen LogP contribution is -2.54. The van der Waals surface area contributed by atoms with Gasteiger partial charge in [-0.15, -0.1) is 0 Å². The highest BCUT2D eigenvalue weighted by Crippen LogP contribution is 2.18. The zero-order chi connectivity index (χ0) is 13.9. The highest BCUT2D eigenvalue weighted by molar-refractivity contribution is 7.87. The topological polar surface area (TPSA) is 107 Å². The van der Waals surface area contributed by atoms with Crippen LogP contribution in [0.1, 0.15) is 26.7 Å². The van der Waals surface area contributed by atoms with Gasteiger partial charge < -0.3 is 10.2 Å². The van der Waals surface area contributed by atoms with E-state index in [1.165, 1.54) is 11.2 Å². The van der Waals surface area contributed by atoms with Crippen LogP contribution in [0.2, 0.25) is 0 Å². The van der Waals surface area contributed by atoms with Crippen LogP contribution in [0.4, 0.5) is 0 Å². The largest absolute Gasteiger partial charge is 0.480 e. The summed E-state index contributed by atoms with van der Waals surface area (Å²) < 4.78 is 27.2. The molecule has 1 saturated heterocycles. The molecule has 1 rings (SSSR count). The Labute approximate surface area is 107 Å². The quantitative estimate of drug-likeness (QED) is 0.622. The molecule has 0 amide bonds. The van der Waals surface area contributed by atoms with Crippen molar-refractivity contribution in [2.75, 3.05) is 13.1 Å². The lowest BCUT2D eigenvalue weighted by Gasteiger charge is -2.31. The van der Waals surface area contributed by atoms with E-state index in [0.717, 1.165) is 12.8 Å². The predicted octanol–water partition coefficient (Wildman–Crippen LogP) is -0.613. The zero-order valence-corrected chi connectivity index (χ0v) is 11.4. The van der Waals surface area contributed by atoms with Gasteiger partial charge in [-0.2, -0.15) is 17.4 Å². The molecule has 8 heteroatoms. The molecule has 0 aromatic rings. The second-order valence-electron chi connectivity index (χ2n) is 4.78. The van der Waals surface area contributed by atoms with E-state index in [-0.39, 0.29) is 5.92 Å². The van der Waals surface area contributed by atoms with Gasteiger partial charge in [-0.1, -0.05) is 6.92 Å². The molecule has 1 fully saturated rings. The number of nitrogens with one attached hydrogen (secondary N) is 1. The fourth-order valence-electron chi connectivity index (χ4n) is 1.95. The summed E-state index contributed by atoms with van der Waals surface area (Å²) >= 11 is 0. The molecule has 0 spiro atoms. The number of carboxylic acids is 1. The van der Waals surface area contributed by atoms with Crippen molar-refractivity contribution >= 4 is 16.2 Å². The summed E-state index contributed by atoms with van der Waals surface area (Å²) in [5.41, 5.74) is 0. The Kier molecular flexibility index (Phi) is 5.09. The summed E-state index contributed by atoms with van der Waals surface area (Å²) in [6.45, 7) is 3.94. The van der Waals surface area contributed by atoms with Crippen molar-refractivity contribution in [3.63, 3.8) is 0 Å². The number of hydrogen-bond acceptors (Lipinski definition) is 4. The van der Waals surface area contributed by atoms with Gasteiger partial charge in [-0.05, 0) is 25.7 Å². The standard InChI is InChI=1S/C10H20N2O5S/c1-7-4-3-5-12(6-7)18(16,17)11-9(8(2)13)10(14)15/h7-9,11,13H,3-6H2,1-2H3,(H,14,15). The number of nitrogens with zero attached hydrogens (tertiary/aromatic N) is 1. The van der Waals surface area contributed by atoms with Gasteiger partial charge in [0.15, 0.2) is 0 Å². The molecule has 1 aliphatic heterocycles. The molecule has 3 N–H and O–H groups in total. The first-order valence-corrected chi connectivity index (χ1v) is 7.36. The lowest BCUT2D eigenvalue weighted by molar-refractivity contribution is -0.141. The molecule has 0 bridgehead atoms. The number of aliphatic hydroxyl groups excluding tert-OH is 1. The predicted molar refractivity (Wildman–Crippen MR) is 65.1 cm³/mol. The molecule has 0 aromatic carbocycles. The minimum atomic E-state index is -3.86. The van der Waals surface area contributed by atoms with E-state index < -0.39 is 28.3 Å². The van der Waals surface area contributed by atoms with Crippen LogP contribution < -0.4 is 4.72 Å². The van der Waals surface area contributed by atoms with Crippen LogP contribution in [-0.4, -0.2) is 54.1 Å². The molecular weight excluding hydrogens is 260 g/mol. The number of aliphatic carboxylic acids is 1. The minimum absolute atomic E-state index is 0.255. The van der Waals surface area contributed by atoms with Crippen molar-refractivity contribution < 1.29 is 23.4 Å². The second-order valence-corrected chi connectivity index (χ2v) is 6.49. The Bertz CT molecular complexity index is 395. The molecule has 0 saturated carbocycles. The molecule has 3 unspecified atom stereocenters. The van der Waals surface area contributed by atoms with Gasteiger partial charge in [-0.25, -0.2) is 0 Å². The summed E-state index contributed by atoms with van der Waals surface area (Å²) in [6, 6.07) is -1.52. The van der Waals surface area contributed by atoms with Crippen LogP contribution in [0.3, 0.4) is 0 Å². The molecule has 18 heavy (non-hydrogen) atoms. The van der Waals surface area contributed by atoms with E-state index in [1.807, 2.05) is 11.6 Å². The molecule has 7 nitrogen and oxygen atoms in total. The Morgan fingerprint density at radius 2 is 2.11 bits per heavy atom. The molecular formula is C10H20N2O5S. The van der Waals surface area contributed by atoms with E-state index in [0.29, 0.717) is 13.1 Å². The second kappa shape index (κ2) is 5.96. The minimum Gasteiger partial charge on any atom is -0.480 e. The maximum atomic E-state index is 12.0. The molecule has 1 heterocycles. The van der Waals surface area contributed by atoms with Gasteiger partial charge >= 0.3 is 5.97 Å². The van der Waals surface area contributed by atoms with Crippen molar-refractivity contribution in [2.45, 2.75) is 38.8 Å². The van der Waals surface area contributed by atoms with E-state index in [2.05, 4.69) is 0 Å². The van der Waals surface area contributed by atoms with Gasteiger partial charge in [-0.3, -0.25) is 4.79 Å². The first-order chi connectivity index (χ1) is 8.24. The number of carboxylic acid groups (broad SMARTS) is 1. The zero-order valence-electron chi connectivity index (χ0n) is 10.5. The highest BCUT2D eigenvalue weighted by atomic mass is 32.2. The van der Waals surface area contributed by atoms with E-state index in [1.54, 1.807) is 0 Å². The van der Waals surface area contributed by atoms with Crippen LogP contribution in [0.15, 0.2) is 0 Å². The van der Waals surface area contributed by atoms with Gasteiger partial charge in [0.25, 0.3) is 10.2 Å². The fraction of sp³-hybridized carbons (Fsp3) is 0.900. The molecule has 1 aliphatic rings. The Morgan fingerprint density at radius 1 is 1.50 bits per heavy atom. The third-order valence-corrected chi connectivity index (χ3v) is 4.55. The van der Waals surface area contributed by atoms with Crippen LogP contribution in [0.5, 0.6) is 0 Å². The monoisotopic (exact) mass is 280 g/mol. The van der Waals surface area contributed by atoms with E-state index in [9.17, 15) is 18.3 Å². The van der Waals surface area contributed by atoms with Crippen molar-refractivity contribution in [1.82, 2.24) is 9.03 Å². The van der Waals surface area contributed by atoms with Crippen LogP contribution in [0.25, 0.3) is 0 Å².